The molecule has 1 unspecified atom stereocenters. The van der Waals surface area contributed by atoms with E-state index in [2.05, 4.69) is 0 Å². The summed E-state index contributed by atoms with van der Waals surface area (Å²) in [6, 6.07) is 8.21. The predicted octanol–water partition coefficient (Wildman–Crippen LogP) is 5.32. The fourth-order valence-corrected chi connectivity index (χ4v) is 4.57. The molecule has 1 aliphatic carbocycles. The SMILES string of the molecule is OCC1CC[C@@]2(C=C(c3cc(C(F)(F)F)ccc3F)CO2)[C@@H]1c1ccc(F)cc1. The molecule has 0 radical (unpaired) electrons. The highest BCUT2D eigenvalue weighted by Gasteiger charge is 2.51. The Labute approximate surface area is 164 Å². The minimum atomic E-state index is -4.58. The summed E-state index contributed by atoms with van der Waals surface area (Å²) in [5.41, 5.74) is -0.821. The Morgan fingerprint density at radius 3 is 2.45 bits per heavy atom. The molecule has 0 bridgehead atoms. The number of aliphatic hydroxyl groups excluding tert-OH is 1. The van der Waals surface area contributed by atoms with Crippen molar-refractivity contribution in [2.45, 2.75) is 30.5 Å². The van der Waals surface area contributed by atoms with Crippen LogP contribution in [0.4, 0.5) is 22.0 Å². The summed E-state index contributed by atoms with van der Waals surface area (Å²) in [5.74, 6) is -1.60. The zero-order valence-electron chi connectivity index (χ0n) is 15.3. The molecule has 2 aromatic rings. The molecule has 0 aromatic heterocycles. The highest BCUT2D eigenvalue weighted by atomic mass is 19.4. The second-order valence-electron chi connectivity index (χ2n) is 7.62. The lowest BCUT2D eigenvalue weighted by Crippen LogP contribution is -2.33. The first kappa shape index (κ1) is 20.0. The van der Waals surface area contributed by atoms with E-state index in [4.69, 9.17) is 4.74 Å². The molecule has 0 saturated heterocycles. The van der Waals surface area contributed by atoms with Gasteiger partial charge in [0.1, 0.15) is 11.6 Å². The predicted molar refractivity (Wildman–Crippen MR) is 97.0 cm³/mol. The van der Waals surface area contributed by atoms with Crippen molar-refractivity contribution in [1.29, 1.82) is 0 Å². The highest BCUT2D eigenvalue weighted by Crippen LogP contribution is 2.53. The van der Waals surface area contributed by atoms with Gasteiger partial charge in [-0.1, -0.05) is 12.1 Å². The topological polar surface area (TPSA) is 29.5 Å². The van der Waals surface area contributed by atoms with Crippen LogP contribution >= 0.6 is 0 Å². The van der Waals surface area contributed by atoms with E-state index in [-0.39, 0.29) is 30.6 Å². The number of hydrogen-bond acceptors (Lipinski definition) is 2. The smallest absolute Gasteiger partial charge is 0.396 e. The van der Waals surface area contributed by atoms with Crippen LogP contribution < -0.4 is 0 Å². The lowest BCUT2D eigenvalue weighted by molar-refractivity contribution is -0.137. The maximum atomic E-state index is 14.3. The summed E-state index contributed by atoms with van der Waals surface area (Å²) in [7, 11) is 0. The van der Waals surface area contributed by atoms with Crippen LogP contribution in [0.15, 0.2) is 48.5 Å². The molecule has 1 saturated carbocycles. The van der Waals surface area contributed by atoms with E-state index in [9.17, 15) is 27.1 Å². The quantitative estimate of drug-likeness (QED) is 0.694. The van der Waals surface area contributed by atoms with Crippen LogP contribution in [-0.2, 0) is 10.9 Å². The zero-order chi connectivity index (χ0) is 20.8. The van der Waals surface area contributed by atoms with Crippen molar-refractivity contribution in [3.63, 3.8) is 0 Å². The van der Waals surface area contributed by atoms with Gasteiger partial charge in [-0.15, -0.1) is 0 Å². The molecule has 0 amide bonds. The zero-order valence-corrected chi connectivity index (χ0v) is 15.3. The highest BCUT2D eigenvalue weighted by molar-refractivity contribution is 5.71. The molecule has 2 aromatic carbocycles. The van der Waals surface area contributed by atoms with Crippen molar-refractivity contribution in [2.24, 2.45) is 5.92 Å². The Morgan fingerprint density at radius 1 is 1.07 bits per heavy atom. The minimum absolute atomic E-state index is 0.0337. The molecule has 1 spiro atoms. The first-order chi connectivity index (χ1) is 13.7. The largest absolute Gasteiger partial charge is 0.416 e. The molecule has 1 aliphatic heterocycles. The molecule has 3 atom stereocenters. The van der Waals surface area contributed by atoms with Crippen LogP contribution in [0.5, 0.6) is 0 Å². The number of rotatable bonds is 3. The first-order valence-electron chi connectivity index (χ1n) is 9.32. The van der Waals surface area contributed by atoms with Gasteiger partial charge in [-0.2, -0.15) is 13.2 Å². The Hall–Kier alpha value is -2.25. The number of benzene rings is 2. The lowest BCUT2D eigenvalue weighted by Gasteiger charge is -2.32. The summed E-state index contributed by atoms with van der Waals surface area (Å²) >= 11 is 0. The van der Waals surface area contributed by atoms with Gasteiger partial charge in [0.2, 0.25) is 0 Å². The molecule has 7 heteroatoms. The van der Waals surface area contributed by atoms with Gasteiger partial charge in [0, 0.05) is 18.1 Å². The third-order valence-corrected chi connectivity index (χ3v) is 5.92. The number of ether oxygens (including phenoxy) is 1. The summed E-state index contributed by atoms with van der Waals surface area (Å²) in [4.78, 5) is 0. The molecule has 2 aliphatic rings. The Bertz CT molecular complexity index is 935. The van der Waals surface area contributed by atoms with Crippen molar-refractivity contribution in [2.75, 3.05) is 13.2 Å². The van der Waals surface area contributed by atoms with Gasteiger partial charge in [-0.3, -0.25) is 0 Å². The van der Waals surface area contributed by atoms with Gasteiger partial charge in [0.25, 0.3) is 0 Å². The van der Waals surface area contributed by atoms with E-state index in [0.29, 0.717) is 24.5 Å². The molecule has 1 N–H and O–H groups in total. The molecular weight excluding hydrogens is 391 g/mol. The molecule has 154 valence electrons. The van der Waals surface area contributed by atoms with Crippen LogP contribution in [0.1, 0.15) is 35.4 Å². The van der Waals surface area contributed by atoms with E-state index >= 15 is 0 Å². The van der Waals surface area contributed by atoms with E-state index in [1.807, 2.05) is 0 Å². The summed E-state index contributed by atoms with van der Waals surface area (Å²) in [6.45, 7) is -0.137. The summed E-state index contributed by atoms with van der Waals surface area (Å²) in [6.07, 6.45) is -1.72. The molecule has 1 fully saturated rings. The number of alkyl halides is 3. The Balaban J connectivity index is 1.75. The maximum Gasteiger partial charge on any atom is 0.416 e. The fourth-order valence-electron chi connectivity index (χ4n) is 4.57. The fraction of sp³-hybridized carbons (Fsp3) is 0.364. The monoisotopic (exact) mass is 410 g/mol. The maximum absolute atomic E-state index is 14.3. The van der Waals surface area contributed by atoms with Gasteiger partial charge < -0.3 is 9.84 Å². The number of halogens is 5. The summed E-state index contributed by atoms with van der Waals surface area (Å²) in [5, 5.41) is 9.81. The van der Waals surface area contributed by atoms with Crippen molar-refractivity contribution >= 4 is 5.57 Å². The van der Waals surface area contributed by atoms with Gasteiger partial charge >= 0.3 is 6.18 Å². The van der Waals surface area contributed by atoms with Crippen LogP contribution in [0.3, 0.4) is 0 Å². The van der Waals surface area contributed by atoms with Crippen molar-refractivity contribution in [1.82, 2.24) is 0 Å². The van der Waals surface area contributed by atoms with E-state index < -0.39 is 29.0 Å². The third kappa shape index (κ3) is 3.57. The standard InChI is InChI=1S/C22H19F5O2/c23-17-4-1-13(2-5-17)20-14(11-28)7-8-21(20)10-15(12-29-21)18-9-16(22(25,26)27)3-6-19(18)24/h1-6,9-10,14,20,28H,7-8,11-12H2/t14?,20-,21-/m1/s1. The van der Waals surface area contributed by atoms with Crippen LogP contribution in [-0.4, -0.2) is 23.9 Å². The summed E-state index contributed by atoms with van der Waals surface area (Å²) < 4.78 is 72.9. The second kappa shape index (κ2) is 7.22. The normalized spacial score (nSPS) is 26.9. The van der Waals surface area contributed by atoms with E-state index in [1.165, 1.54) is 12.1 Å². The first-order valence-corrected chi connectivity index (χ1v) is 9.32. The minimum Gasteiger partial charge on any atom is -0.396 e. The number of aliphatic hydroxyl groups is 1. The average Bonchev–Trinajstić information content (AvgIpc) is 3.26. The molecular formula is C22H19F5O2. The van der Waals surface area contributed by atoms with Crippen LogP contribution in [0, 0.1) is 17.6 Å². The molecule has 2 nitrogen and oxygen atoms in total. The molecule has 1 heterocycles. The van der Waals surface area contributed by atoms with Crippen LogP contribution in [0.25, 0.3) is 5.57 Å². The Kier molecular flexibility index (Phi) is 4.99. The second-order valence-corrected chi connectivity index (χ2v) is 7.62. The van der Waals surface area contributed by atoms with Gasteiger partial charge in [-0.25, -0.2) is 8.78 Å². The van der Waals surface area contributed by atoms with Gasteiger partial charge in [0.15, 0.2) is 0 Å². The van der Waals surface area contributed by atoms with Gasteiger partial charge in [0.05, 0.1) is 17.8 Å². The van der Waals surface area contributed by atoms with E-state index in [1.54, 1.807) is 18.2 Å². The Morgan fingerprint density at radius 2 is 1.79 bits per heavy atom. The van der Waals surface area contributed by atoms with Gasteiger partial charge in [-0.05, 0) is 66.3 Å². The van der Waals surface area contributed by atoms with Crippen molar-refractivity contribution in [3.05, 3.63) is 76.9 Å². The molecule has 29 heavy (non-hydrogen) atoms. The number of hydrogen-bond donors (Lipinski definition) is 1. The molecule has 4 rings (SSSR count). The van der Waals surface area contributed by atoms with Crippen LogP contribution in [0.2, 0.25) is 0 Å². The average molecular weight is 410 g/mol. The third-order valence-electron chi connectivity index (χ3n) is 5.92. The van der Waals surface area contributed by atoms with Crippen molar-refractivity contribution in [3.8, 4) is 0 Å². The van der Waals surface area contributed by atoms with E-state index in [0.717, 1.165) is 17.7 Å². The lowest BCUT2D eigenvalue weighted by atomic mass is 9.80. The van der Waals surface area contributed by atoms with Crippen molar-refractivity contribution < 1.29 is 31.8 Å².